The fourth-order valence-corrected chi connectivity index (χ4v) is 3.29. The van der Waals surface area contributed by atoms with Crippen molar-refractivity contribution in [2.45, 2.75) is 31.7 Å². The average molecular weight is 315 g/mol. The highest BCUT2D eigenvalue weighted by Gasteiger charge is 2.24. The number of Topliss-reactive ketones (excluding diaryl/α,β-unsaturated/α-hetero) is 1. The molecule has 0 unspecified atom stereocenters. The third kappa shape index (κ3) is 4.12. The third-order valence-electron chi connectivity index (χ3n) is 3.77. The summed E-state index contributed by atoms with van der Waals surface area (Å²) in [6, 6.07) is 16.9. The SMILES string of the molecule is CC(=O)[C@@H](C)[C@@H](N[S@@](=O)c1ccc(C)cc1)c1ccccc1. The van der Waals surface area contributed by atoms with Gasteiger partial charge in [-0.15, -0.1) is 0 Å². The number of carbonyl (C=O) groups excluding carboxylic acids is 1. The van der Waals surface area contributed by atoms with Gasteiger partial charge in [-0.2, -0.15) is 0 Å². The highest BCUT2D eigenvalue weighted by Crippen LogP contribution is 2.24. The van der Waals surface area contributed by atoms with E-state index in [1.165, 1.54) is 0 Å². The Labute approximate surface area is 134 Å². The summed E-state index contributed by atoms with van der Waals surface area (Å²) in [5.74, 6) is -0.181. The molecule has 0 fully saturated rings. The monoisotopic (exact) mass is 315 g/mol. The number of hydrogen-bond donors (Lipinski definition) is 1. The molecule has 2 rings (SSSR count). The maximum atomic E-state index is 12.6. The molecule has 4 heteroatoms. The van der Waals surface area contributed by atoms with Crippen LogP contribution in [0.25, 0.3) is 0 Å². The average Bonchev–Trinajstić information content (AvgIpc) is 2.53. The second-order valence-electron chi connectivity index (χ2n) is 5.49. The maximum Gasteiger partial charge on any atom is 0.134 e. The molecule has 0 aliphatic carbocycles. The van der Waals surface area contributed by atoms with Crippen molar-refractivity contribution in [3.05, 3.63) is 65.7 Å². The van der Waals surface area contributed by atoms with Crippen LogP contribution in [0.5, 0.6) is 0 Å². The number of nitrogens with one attached hydrogen (secondary N) is 1. The minimum Gasteiger partial charge on any atom is -0.300 e. The molecule has 0 aromatic heterocycles. The van der Waals surface area contributed by atoms with Crippen molar-refractivity contribution < 1.29 is 9.00 Å². The Morgan fingerprint density at radius 1 is 1.05 bits per heavy atom. The topological polar surface area (TPSA) is 46.2 Å². The molecule has 0 spiro atoms. The number of rotatable bonds is 6. The van der Waals surface area contributed by atoms with Crippen LogP contribution in [0.1, 0.15) is 31.0 Å². The van der Waals surface area contributed by atoms with Gasteiger partial charge in [0.05, 0.1) is 10.9 Å². The quantitative estimate of drug-likeness (QED) is 0.885. The Morgan fingerprint density at radius 3 is 2.18 bits per heavy atom. The van der Waals surface area contributed by atoms with E-state index in [-0.39, 0.29) is 17.7 Å². The summed E-state index contributed by atoms with van der Waals surface area (Å²) < 4.78 is 15.7. The number of benzene rings is 2. The van der Waals surface area contributed by atoms with Crippen LogP contribution >= 0.6 is 0 Å². The van der Waals surface area contributed by atoms with Crippen LogP contribution in [0, 0.1) is 12.8 Å². The van der Waals surface area contributed by atoms with Crippen molar-refractivity contribution in [2.24, 2.45) is 5.92 Å². The zero-order chi connectivity index (χ0) is 16.1. The molecular weight excluding hydrogens is 294 g/mol. The van der Waals surface area contributed by atoms with Crippen molar-refractivity contribution in [3.8, 4) is 0 Å². The first-order chi connectivity index (χ1) is 10.5. The number of carbonyl (C=O) groups is 1. The molecule has 0 aliphatic heterocycles. The molecule has 2 aromatic rings. The van der Waals surface area contributed by atoms with E-state index in [1.807, 2.05) is 68.4 Å². The van der Waals surface area contributed by atoms with Gasteiger partial charge < -0.3 is 0 Å². The maximum absolute atomic E-state index is 12.6. The van der Waals surface area contributed by atoms with E-state index in [9.17, 15) is 9.00 Å². The molecule has 2 aromatic carbocycles. The van der Waals surface area contributed by atoms with Gasteiger partial charge in [0.2, 0.25) is 0 Å². The number of aryl methyl sites for hydroxylation is 1. The third-order valence-corrected chi connectivity index (χ3v) is 4.94. The van der Waals surface area contributed by atoms with Gasteiger partial charge >= 0.3 is 0 Å². The van der Waals surface area contributed by atoms with Gasteiger partial charge in [0, 0.05) is 5.92 Å². The van der Waals surface area contributed by atoms with Gasteiger partial charge in [-0.3, -0.25) is 4.79 Å². The van der Waals surface area contributed by atoms with E-state index in [4.69, 9.17) is 0 Å². The normalized spacial score (nSPS) is 15.0. The van der Waals surface area contributed by atoms with Gasteiger partial charge in [-0.1, -0.05) is 55.0 Å². The fourth-order valence-electron chi connectivity index (χ4n) is 2.20. The standard InChI is InChI=1S/C18H21NO2S/c1-13-9-11-17(12-10-13)22(21)19-18(14(2)15(3)20)16-7-5-4-6-8-16/h4-12,14,18-19H,1-3H3/t14-,18-,22+/m1/s1. The van der Waals surface area contributed by atoms with E-state index in [1.54, 1.807) is 6.92 Å². The van der Waals surface area contributed by atoms with Crippen LogP contribution in [-0.4, -0.2) is 9.99 Å². The molecule has 116 valence electrons. The first-order valence-electron chi connectivity index (χ1n) is 7.29. The Morgan fingerprint density at radius 2 is 1.64 bits per heavy atom. The minimum absolute atomic E-state index is 0.0715. The molecular formula is C18H21NO2S. The summed E-state index contributed by atoms with van der Waals surface area (Å²) in [6.07, 6.45) is 0. The van der Waals surface area contributed by atoms with Gasteiger partial charge in [0.1, 0.15) is 16.8 Å². The van der Waals surface area contributed by atoms with Gasteiger partial charge in [-0.05, 0) is 31.5 Å². The summed E-state index contributed by atoms with van der Waals surface area (Å²) in [6.45, 7) is 5.42. The lowest BCUT2D eigenvalue weighted by Gasteiger charge is -2.23. The van der Waals surface area contributed by atoms with Crippen LogP contribution in [0.15, 0.2) is 59.5 Å². The molecule has 0 aliphatic rings. The fraction of sp³-hybridized carbons (Fsp3) is 0.278. The second kappa shape index (κ2) is 7.47. The predicted octanol–water partition coefficient (Wildman–Crippen LogP) is 3.57. The Kier molecular flexibility index (Phi) is 5.63. The van der Waals surface area contributed by atoms with E-state index in [2.05, 4.69) is 4.72 Å². The van der Waals surface area contributed by atoms with Crippen LogP contribution < -0.4 is 4.72 Å². The lowest BCUT2D eigenvalue weighted by molar-refractivity contribution is -0.120. The zero-order valence-corrected chi connectivity index (χ0v) is 13.9. The number of hydrogen-bond acceptors (Lipinski definition) is 2. The van der Waals surface area contributed by atoms with Crippen molar-refractivity contribution in [3.63, 3.8) is 0 Å². The molecule has 0 saturated heterocycles. The van der Waals surface area contributed by atoms with Gasteiger partial charge in [0.25, 0.3) is 0 Å². The smallest absolute Gasteiger partial charge is 0.134 e. The predicted molar refractivity (Wildman–Crippen MR) is 89.8 cm³/mol. The van der Waals surface area contributed by atoms with Crippen molar-refractivity contribution in [1.29, 1.82) is 0 Å². The Bertz CT molecular complexity index is 653. The summed E-state index contributed by atoms with van der Waals surface area (Å²) in [5.41, 5.74) is 2.09. The van der Waals surface area contributed by atoms with Crippen LogP contribution in [0.2, 0.25) is 0 Å². The molecule has 0 radical (unpaired) electrons. The highest BCUT2D eigenvalue weighted by molar-refractivity contribution is 7.83. The van der Waals surface area contributed by atoms with E-state index < -0.39 is 11.0 Å². The second-order valence-corrected chi connectivity index (χ2v) is 6.73. The molecule has 3 atom stereocenters. The Balaban J connectivity index is 2.25. The summed E-state index contributed by atoms with van der Waals surface area (Å²) in [5, 5.41) is 0. The van der Waals surface area contributed by atoms with Crippen LogP contribution in [-0.2, 0) is 15.8 Å². The van der Waals surface area contributed by atoms with Crippen molar-refractivity contribution in [1.82, 2.24) is 4.72 Å². The van der Waals surface area contributed by atoms with Crippen LogP contribution in [0.3, 0.4) is 0 Å². The first-order valence-corrected chi connectivity index (χ1v) is 8.44. The molecule has 22 heavy (non-hydrogen) atoms. The molecule has 1 N–H and O–H groups in total. The van der Waals surface area contributed by atoms with E-state index >= 15 is 0 Å². The van der Waals surface area contributed by atoms with E-state index in [0.29, 0.717) is 4.90 Å². The highest BCUT2D eigenvalue weighted by atomic mass is 32.2. The minimum atomic E-state index is -1.36. The molecule has 0 heterocycles. The van der Waals surface area contributed by atoms with Gasteiger partial charge in [0.15, 0.2) is 0 Å². The summed E-state index contributed by atoms with van der Waals surface area (Å²) in [4.78, 5) is 12.5. The number of ketones is 1. The first kappa shape index (κ1) is 16.6. The summed E-state index contributed by atoms with van der Waals surface area (Å²) in [7, 11) is -1.36. The molecule has 0 saturated carbocycles. The van der Waals surface area contributed by atoms with Crippen molar-refractivity contribution in [2.75, 3.05) is 0 Å². The largest absolute Gasteiger partial charge is 0.300 e. The molecule has 0 amide bonds. The zero-order valence-electron chi connectivity index (χ0n) is 13.1. The lowest BCUT2D eigenvalue weighted by Crippen LogP contribution is -2.31. The van der Waals surface area contributed by atoms with Crippen LogP contribution in [0.4, 0.5) is 0 Å². The molecule has 0 bridgehead atoms. The van der Waals surface area contributed by atoms with Gasteiger partial charge in [-0.25, -0.2) is 8.93 Å². The lowest BCUT2D eigenvalue weighted by atomic mass is 9.93. The Hall–Kier alpha value is -1.78. The van der Waals surface area contributed by atoms with Crippen molar-refractivity contribution >= 4 is 16.8 Å². The molecule has 3 nitrogen and oxygen atoms in total. The van der Waals surface area contributed by atoms with E-state index in [0.717, 1.165) is 11.1 Å². The summed E-state index contributed by atoms with van der Waals surface area (Å²) >= 11 is 0.